The van der Waals surface area contributed by atoms with Gasteiger partial charge in [0.15, 0.2) is 5.69 Å². The molecule has 9 heteroatoms. The lowest BCUT2D eigenvalue weighted by molar-refractivity contribution is -0.384. The summed E-state index contributed by atoms with van der Waals surface area (Å²) in [5.74, 6) is 0. The molecule has 1 aromatic heterocycles. The molecule has 0 aliphatic heterocycles. The average molecular weight is 359 g/mol. The maximum absolute atomic E-state index is 12.4. The molecular formula is C16H15N4O4S+. The average Bonchev–Trinajstić information content (AvgIpc) is 2.55. The van der Waals surface area contributed by atoms with Crippen LogP contribution in [0.15, 0.2) is 53.4 Å². The van der Waals surface area contributed by atoms with Gasteiger partial charge in [-0.05, 0) is 24.3 Å². The lowest BCUT2D eigenvalue weighted by atomic mass is 10.1. The first-order chi connectivity index (χ1) is 11.8. The lowest BCUT2D eigenvalue weighted by Gasteiger charge is -2.09. The third kappa shape index (κ3) is 3.36. The fourth-order valence-corrected chi connectivity index (χ4v) is 3.53. The lowest BCUT2D eigenvalue weighted by Crippen LogP contribution is -2.14. The van der Waals surface area contributed by atoms with E-state index >= 15 is 0 Å². The second-order valence-electron chi connectivity index (χ2n) is 5.52. The topological polar surface area (TPSA) is 129 Å². The summed E-state index contributed by atoms with van der Waals surface area (Å²) in [6.07, 6.45) is 0. The number of nitrogens with two attached hydrogens (primary N) is 1. The summed E-state index contributed by atoms with van der Waals surface area (Å²) in [5, 5.41) is 11.3. The van der Waals surface area contributed by atoms with Gasteiger partial charge in [-0.25, -0.2) is 13.4 Å². The molecule has 25 heavy (non-hydrogen) atoms. The maximum atomic E-state index is 12.4. The molecule has 0 spiro atoms. The number of fused-ring (bicyclic) bond motifs is 1. The van der Waals surface area contributed by atoms with E-state index in [2.05, 4.69) is 9.71 Å². The van der Waals surface area contributed by atoms with Crippen LogP contribution in [0.25, 0.3) is 10.9 Å². The molecule has 0 aliphatic carbocycles. The summed E-state index contributed by atoms with van der Waals surface area (Å²) in [4.78, 5) is 13.2. The second-order valence-corrected chi connectivity index (χ2v) is 7.21. The molecule has 0 unspecified atom stereocenters. The highest BCUT2D eigenvalue weighted by Gasteiger charge is 2.17. The number of nitro benzene ring substituents is 1. The van der Waals surface area contributed by atoms with Crippen LogP contribution in [-0.4, -0.2) is 13.3 Å². The predicted octanol–water partition coefficient (Wildman–Crippen LogP) is 2.25. The number of benzene rings is 2. The van der Waals surface area contributed by atoms with Crippen LogP contribution >= 0.6 is 0 Å². The highest BCUT2D eigenvalue weighted by Crippen LogP contribution is 2.24. The van der Waals surface area contributed by atoms with Crippen LogP contribution < -0.4 is 15.4 Å². The van der Waals surface area contributed by atoms with Crippen molar-refractivity contribution < 1.29 is 18.3 Å². The molecule has 8 nitrogen and oxygen atoms in total. The minimum Gasteiger partial charge on any atom is -0.398 e. The Hall–Kier alpha value is -3.20. The number of pyridine rings is 1. The van der Waals surface area contributed by atoms with Crippen LogP contribution in [0.3, 0.4) is 0 Å². The number of nitrogens with one attached hydrogen (secondary N) is 2. The molecule has 0 aliphatic rings. The van der Waals surface area contributed by atoms with Gasteiger partial charge in [0, 0.05) is 36.9 Å². The Morgan fingerprint density at radius 3 is 2.44 bits per heavy atom. The number of hydrogen-bond acceptors (Lipinski definition) is 5. The van der Waals surface area contributed by atoms with E-state index < -0.39 is 14.9 Å². The van der Waals surface area contributed by atoms with Crippen molar-refractivity contribution >= 4 is 38.0 Å². The summed E-state index contributed by atoms with van der Waals surface area (Å²) in [7, 11) is -3.87. The largest absolute Gasteiger partial charge is 0.398 e. The Kier molecular flexibility index (Phi) is 4.01. The zero-order valence-corrected chi connectivity index (χ0v) is 14.0. The Morgan fingerprint density at radius 1 is 1.12 bits per heavy atom. The normalized spacial score (nSPS) is 11.4. The molecule has 1 heterocycles. The Morgan fingerprint density at radius 2 is 1.80 bits per heavy atom. The van der Waals surface area contributed by atoms with Gasteiger partial charge in [-0.2, -0.15) is 0 Å². The first kappa shape index (κ1) is 16.7. The zero-order valence-electron chi connectivity index (χ0n) is 13.2. The molecule has 0 saturated heterocycles. The summed E-state index contributed by atoms with van der Waals surface area (Å²) in [6.45, 7) is 1.88. The molecule has 0 amide bonds. The number of non-ortho nitro benzene ring substituents is 1. The molecule has 128 valence electrons. The zero-order chi connectivity index (χ0) is 18.2. The van der Waals surface area contributed by atoms with Crippen molar-refractivity contribution in [3.8, 4) is 0 Å². The first-order valence-corrected chi connectivity index (χ1v) is 8.74. The van der Waals surface area contributed by atoms with E-state index in [4.69, 9.17) is 5.73 Å². The van der Waals surface area contributed by atoms with Gasteiger partial charge in [-0.15, -0.1) is 0 Å². The number of hydrogen-bond donors (Lipinski definition) is 2. The van der Waals surface area contributed by atoms with Gasteiger partial charge in [0.2, 0.25) is 5.52 Å². The minimum atomic E-state index is -3.87. The maximum Gasteiger partial charge on any atom is 0.269 e. The molecule has 0 saturated carbocycles. The van der Waals surface area contributed by atoms with Crippen molar-refractivity contribution in [2.24, 2.45) is 0 Å². The highest BCUT2D eigenvalue weighted by atomic mass is 32.2. The predicted molar refractivity (Wildman–Crippen MR) is 93.6 cm³/mol. The molecule has 0 atom stereocenters. The van der Waals surface area contributed by atoms with Gasteiger partial charge in [0.05, 0.1) is 20.9 Å². The van der Waals surface area contributed by atoms with Crippen LogP contribution in [0.1, 0.15) is 5.69 Å². The molecule has 0 radical (unpaired) electrons. The van der Waals surface area contributed by atoms with Gasteiger partial charge >= 0.3 is 0 Å². The van der Waals surface area contributed by atoms with E-state index in [9.17, 15) is 18.5 Å². The van der Waals surface area contributed by atoms with Crippen molar-refractivity contribution in [2.45, 2.75) is 11.8 Å². The van der Waals surface area contributed by atoms with Crippen LogP contribution in [0.4, 0.5) is 17.1 Å². The van der Waals surface area contributed by atoms with E-state index in [1.807, 2.05) is 6.92 Å². The smallest absolute Gasteiger partial charge is 0.269 e. The number of aromatic amines is 1. The number of aromatic nitrogens is 1. The molecule has 4 N–H and O–H groups in total. The molecule has 0 fully saturated rings. The fourth-order valence-electron chi connectivity index (χ4n) is 2.48. The van der Waals surface area contributed by atoms with Crippen molar-refractivity contribution in [1.29, 1.82) is 0 Å². The number of rotatable bonds is 4. The summed E-state index contributed by atoms with van der Waals surface area (Å²) in [6, 6.07) is 11.4. The van der Waals surface area contributed by atoms with Crippen molar-refractivity contribution in [1.82, 2.24) is 0 Å². The quantitative estimate of drug-likeness (QED) is 0.545. The van der Waals surface area contributed by atoms with E-state index in [1.54, 1.807) is 24.3 Å². The number of nitro groups is 1. The van der Waals surface area contributed by atoms with E-state index in [1.165, 1.54) is 12.1 Å². The minimum absolute atomic E-state index is 0.0679. The van der Waals surface area contributed by atoms with Crippen LogP contribution in [0, 0.1) is 17.0 Å². The molecule has 3 aromatic rings. The second kappa shape index (κ2) is 6.02. The standard InChI is InChI=1S/C16H14N4O4S/c1-10-8-15(17)14-9-11(2-7-16(14)18-10)19-25(23,24)13-5-3-12(4-6-13)20(21)22/h2-9,19H,1H3,(H2,17,18)/p+1. The number of sulfonamides is 1. The number of nitrogen functional groups attached to an aromatic ring is 1. The van der Waals surface area contributed by atoms with Gasteiger partial charge < -0.3 is 5.73 Å². The highest BCUT2D eigenvalue weighted by molar-refractivity contribution is 7.92. The fraction of sp³-hybridized carbons (Fsp3) is 0.0625. The van der Waals surface area contributed by atoms with Crippen molar-refractivity contribution in [3.63, 3.8) is 0 Å². The summed E-state index contributed by atoms with van der Waals surface area (Å²) in [5.41, 5.74) is 8.36. The Labute approximate surface area is 143 Å². The molecule has 0 bridgehead atoms. The monoisotopic (exact) mass is 359 g/mol. The number of aryl methyl sites for hydroxylation is 1. The number of H-pyrrole nitrogens is 1. The van der Waals surface area contributed by atoms with Gasteiger partial charge in [-0.3, -0.25) is 14.8 Å². The first-order valence-electron chi connectivity index (χ1n) is 7.26. The summed E-state index contributed by atoms with van der Waals surface area (Å²) < 4.78 is 27.3. The van der Waals surface area contributed by atoms with Crippen molar-refractivity contribution in [2.75, 3.05) is 10.5 Å². The van der Waals surface area contributed by atoms with Gasteiger partial charge in [0.25, 0.3) is 15.7 Å². The number of nitrogens with zero attached hydrogens (tertiary/aromatic N) is 1. The third-order valence-corrected chi connectivity index (χ3v) is 5.04. The van der Waals surface area contributed by atoms with Crippen LogP contribution in [0.2, 0.25) is 0 Å². The van der Waals surface area contributed by atoms with E-state index in [-0.39, 0.29) is 10.6 Å². The van der Waals surface area contributed by atoms with E-state index in [0.717, 1.165) is 23.3 Å². The third-order valence-electron chi connectivity index (χ3n) is 3.64. The SMILES string of the molecule is Cc1cc(N)c2cc(NS(=O)(=O)c3ccc([N+](=O)[O-])cc3)ccc2[nH+]1. The van der Waals surface area contributed by atoms with Crippen LogP contribution in [-0.2, 0) is 10.0 Å². The van der Waals surface area contributed by atoms with E-state index in [0.29, 0.717) is 16.8 Å². The summed E-state index contributed by atoms with van der Waals surface area (Å²) >= 11 is 0. The van der Waals surface area contributed by atoms with Crippen LogP contribution in [0.5, 0.6) is 0 Å². The van der Waals surface area contributed by atoms with Gasteiger partial charge in [-0.1, -0.05) is 0 Å². The molecule has 3 rings (SSSR count). The van der Waals surface area contributed by atoms with Crippen molar-refractivity contribution in [3.05, 3.63) is 64.3 Å². The number of anilines is 2. The molecule has 2 aromatic carbocycles. The Bertz CT molecular complexity index is 1080. The van der Waals surface area contributed by atoms with Gasteiger partial charge in [0.1, 0.15) is 0 Å². The Balaban J connectivity index is 1.95. The molecular weight excluding hydrogens is 344 g/mol.